The Labute approximate surface area is 141 Å². The number of carbonyl (C=O) groups excluding carboxylic acids is 1. The molecule has 5 nitrogen and oxygen atoms in total. The Balaban J connectivity index is 2.23. The molecule has 0 bridgehead atoms. The Morgan fingerprint density at radius 3 is 3.04 bits per heavy atom. The summed E-state index contributed by atoms with van der Waals surface area (Å²) in [5, 5.41) is 14.4. The van der Waals surface area contributed by atoms with Gasteiger partial charge in [0.05, 0.1) is 5.71 Å². The summed E-state index contributed by atoms with van der Waals surface area (Å²) in [7, 11) is 0. The third-order valence-corrected chi connectivity index (χ3v) is 4.04. The minimum absolute atomic E-state index is 0.0245. The molecule has 6 heteroatoms. The molecule has 0 aromatic carbocycles. The minimum Gasteiger partial charge on any atom is -0.511 e. The maximum atomic E-state index is 12.4. The van der Waals surface area contributed by atoms with Crippen LogP contribution in [0.1, 0.15) is 45.4 Å². The van der Waals surface area contributed by atoms with Gasteiger partial charge in [-0.15, -0.1) is 0 Å². The molecule has 1 aliphatic carbocycles. The van der Waals surface area contributed by atoms with Crippen molar-refractivity contribution in [2.75, 3.05) is 6.61 Å². The topological polar surface area (TPSA) is 68.1 Å². The highest BCUT2D eigenvalue weighted by Gasteiger charge is 2.42. The van der Waals surface area contributed by atoms with Crippen molar-refractivity contribution >= 4 is 23.3 Å². The molecule has 0 aromatic rings. The van der Waals surface area contributed by atoms with Crippen LogP contribution in [0, 0.1) is 0 Å². The molecule has 0 aromatic heterocycles. The van der Waals surface area contributed by atoms with E-state index in [-0.39, 0.29) is 24.4 Å². The van der Waals surface area contributed by atoms with E-state index in [1.54, 1.807) is 6.08 Å². The number of esters is 1. The lowest BCUT2D eigenvalue weighted by molar-refractivity contribution is -0.153. The highest BCUT2D eigenvalue weighted by molar-refractivity contribution is 6.25. The number of carbonyl (C=O) groups is 1. The van der Waals surface area contributed by atoms with Crippen LogP contribution in [0.25, 0.3) is 0 Å². The summed E-state index contributed by atoms with van der Waals surface area (Å²) < 4.78 is 5.64. The van der Waals surface area contributed by atoms with Gasteiger partial charge in [-0.05, 0) is 37.8 Å². The third-order valence-electron chi connectivity index (χ3n) is 3.86. The predicted octanol–water partition coefficient (Wildman–Crippen LogP) is 4.15. The van der Waals surface area contributed by atoms with Crippen LogP contribution < -0.4 is 0 Å². The number of nitrogens with zero attached hydrogens (tertiary/aromatic N) is 1. The molecule has 0 radical (unpaired) electrons. The molecule has 2 rings (SSSR count). The molecule has 0 fully saturated rings. The number of aliphatic hydroxyl groups excluding tert-OH is 1. The molecule has 126 valence electrons. The molecule has 1 spiro atoms. The smallest absolute Gasteiger partial charge is 0.344 e. The maximum absolute atomic E-state index is 12.4. The zero-order valence-electron chi connectivity index (χ0n) is 13.3. The number of hydrogen-bond donors (Lipinski definition) is 1. The molecule has 1 N–H and O–H groups in total. The summed E-state index contributed by atoms with van der Waals surface area (Å²) in [6, 6.07) is 0. The standard InChI is InChI=1S/C17H22ClNO4/c1-2-7-13(19-22-11-6-10-18)15-14(20)12-17(23-16(15)21)8-4-3-5-9-17/h4,6,8,10,20H,2-3,5,7,9,11-12H2,1H3/b10-6+,19-13-. The van der Waals surface area contributed by atoms with Crippen LogP contribution in [0.2, 0.25) is 0 Å². The second-order valence-corrected chi connectivity index (χ2v) is 5.94. The first-order valence-corrected chi connectivity index (χ1v) is 8.33. The van der Waals surface area contributed by atoms with Crippen LogP contribution in [-0.4, -0.2) is 29.0 Å². The lowest BCUT2D eigenvalue weighted by atomic mass is 9.84. The van der Waals surface area contributed by atoms with Gasteiger partial charge < -0.3 is 14.7 Å². The Hall–Kier alpha value is -1.75. The highest BCUT2D eigenvalue weighted by atomic mass is 35.5. The summed E-state index contributed by atoms with van der Waals surface area (Å²) in [5.74, 6) is -0.513. The Morgan fingerprint density at radius 2 is 2.43 bits per heavy atom. The Kier molecular flexibility index (Phi) is 6.28. The van der Waals surface area contributed by atoms with Crippen LogP contribution in [-0.2, 0) is 14.4 Å². The van der Waals surface area contributed by atoms with Crippen molar-refractivity contribution in [3.8, 4) is 0 Å². The molecule has 0 saturated heterocycles. The van der Waals surface area contributed by atoms with Crippen LogP contribution >= 0.6 is 11.6 Å². The number of halogens is 1. The van der Waals surface area contributed by atoms with Crippen molar-refractivity contribution in [3.05, 3.63) is 35.1 Å². The number of oxime groups is 1. The SMILES string of the molecule is CCC/C(=N/OC/C=C/Cl)C1=C(O)CC2(C=CCCC2)OC1=O. The number of rotatable bonds is 6. The van der Waals surface area contributed by atoms with E-state index in [2.05, 4.69) is 5.16 Å². The van der Waals surface area contributed by atoms with E-state index in [4.69, 9.17) is 21.2 Å². The lowest BCUT2D eigenvalue weighted by Gasteiger charge is -2.36. The molecule has 1 aliphatic heterocycles. The fourth-order valence-electron chi connectivity index (χ4n) is 2.83. The van der Waals surface area contributed by atoms with Crippen molar-refractivity contribution in [3.63, 3.8) is 0 Å². The normalized spacial score (nSPS) is 25.3. The first kappa shape index (κ1) is 17.6. The third kappa shape index (κ3) is 4.38. The zero-order valence-corrected chi connectivity index (χ0v) is 14.0. The number of allylic oxidation sites excluding steroid dienone is 1. The summed E-state index contributed by atoms with van der Waals surface area (Å²) >= 11 is 5.42. The van der Waals surface area contributed by atoms with Gasteiger partial charge in [0.25, 0.3) is 0 Å². The van der Waals surface area contributed by atoms with Gasteiger partial charge in [-0.3, -0.25) is 0 Å². The summed E-state index contributed by atoms with van der Waals surface area (Å²) in [5.41, 5.74) is 1.17. The van der Waals surface area contributed by atoms with E-state index in [9.17, 15) is 9.90 Å². The average Bonchev–Trinajstić information content (AvgIpc) is 2.51. The van der Waals surface area contributed by atoms with Gasteiger partial charge in [-0.25, -0.2) is 4.79 Å². The first-order chi connectivity index (χ1) is 11.1. The number of aliphatic hydroxyl groups is 1. The minimum atomic E-state index is -0.706. The van der Waals surface area contributed by atoms with Crippen molar-refractivity contribution in [2.24, 2.45) is 5.16 Å². The van der Waals surface area contributed by atoms with Crippen LogP contribution in [0.5, 0.6) is 0 Å². The van der Waals surface area contributed by atoms with Crippen molar-refractivity contribution < 1.29 is 19.5 Å². The monoisotopic (exact) mass is 339 g/mol. The predicted molar refractivity (Wildman–Crippen MR) is 89.4 cm³/mol. The van der Waals surface area contributed by atoms with E-state index >= 15 is 0 Å². The van der Waals surface area contributed by atoms with Gasteiger partial charge in [0.2, 0.25) is 0 Å². The molecule has 1 atom stereocenters. The van der Waals surface area contributed by atoms with Crippen LogP contribution in [0.4, 0.5) is 0 Å². The van der Waals surface area contributed by atoms with Crippen LogP contribution in [0.3, 0.4) is 0 Å². The average molecular weight is 340 g/mol. The lowest BCUT2D eigenvalue weighted by Crippen LogP contribution is -2.41. The van der Waals surface area contributed by atoms with E-state index in [0.29, 0.717) is 12.1 Å². The number of hydrogen-bond acceptors (Lipinski definition) is 5. The van der Waals surface area contributed by atoms with Gasteiger partial charge in [0.15, 0.2) is 0 Å². The zero-order chi connectivity index (χ0) is 16.7. The quantitative estimate of drug-likeness (QED) is 0.259. The molecule has 0 amide bonds. The molecule has 1 unspecified atom stereocenters. The van der Waals surface area contributed by atoms with Gasteiger partial charge in [0, 0.05) is 12.0 Å². The molecular formula is C17H22ClNO4. The van der Waals surface area contributed by atoms with E-state index in [0.717, 1.165) is 25.7 Å². The molecular weight excluding hydrogens is 318 g/mol. The Bertz CT molecular complexity index is 565. The van der Waals surface area contributed by atoms with E-state index < -0.39 is 11.6 Å². The van der Waals surface area contributed by atoms with E-state index in [1.807, 2.05) is 19.1 Å². The molecule has 23 heavy (non-hydrogen) atoms. The largest absolute Gasteiger partial charge is 0.511 e. The fourth-order valence-corrected chi connectivity index (χ4v) is 2.90. The second-order valence-electron chi connectivity index (χ2n) is 5.69. The molecule has 1 heterocycles. The van der Waals surface area contributed by atoms with Crippen LogP contribution in [0.15, 0.2) is 40.3 Å². The van der Waals surface area contributed by atoms with Gasteiger partial charge in [0.1, 0.15) is 23.5 Å². The van der Waals surface area contributed by atoms with E-state index in [1.165, 1.54) is 5.54 Å². The highest BCUT2D eigenvalue weighted by Crippen LogP contribution is 2.37. The molecule has 0 saturated carbocycles. The van der Waals surface area contributed by atoms with Crippen molar-refractivity contribution in [1.82, 2.24) is 0 Å². The summed E-state index contributed by atoms with van der Waals surface area (Å²) in [4.78, 5) is 17.6. The Morgan fingerprint density at radius 1 is 1.61 bits per heavy atom. The van der Waals surface area contributed by atoms with Gasteiger partial charge in [-0.1, -0.05) is 36.2 Å². The van der Waals surface area contributed by atoms with Crippen molar-refractivity contribution in [1.29, 1.82) is 0 Å². The van der Waals surface area contributed by atoms with Crippen molar-refractivity contribution in [2.45, 2.75) is 51.0 Å². The summed E-state index contributed by atoms with van der Waals surface area (Å²) in [6.45, 7) is 2.16. The first-order valence-electron chi connectivity index (χ1n) is 7.89. The summed E-state index contributed by atoms with van der Waals surface area (Å²) in [6.07, 6.45) is 9.68. The second kappa shape index (κ2) is 8.20. The maximum Gasteiger partial charge on any atom is 0.344 e. The van der Waals surface area contributed by atoms with Gasteiger partial charge in [-0.2, -0.15) is 0 Å². The number of ether oxygens (including phenoxy) is 1. The fraction of sp³-hybridized carbons (Fsp3) is 0.529. The molecule has 2 aliphatic rings. The van der Waals surface area contributed by atoms with Gasteiger partial charge >= 0.3 is 5.97 Å².